The van der Waals surface area contributed by atoms with E-state index < -0.39 is 18.4 Å². The Balaban J connectivity index is 0.00000144. The van der Waals surface area contributed by atoms with Gasteiger partial charge in [0.05, 0.1) is 0 Å². The maximum Gasteiger partial charge on any atom is 0.508 e. The lowest BCUT2D eigenvalue weighted by Crippen LogP contribution is -2.26. The van der Waals surface area contributed by atoms with Gasteiger partial charge in [0, 0.05) is 7.05 Å². The van der Waals surface area contributed by atoms with Gasteiger partial charge in [-0.1, -0.05) is 7.43 Å². The lowest BCUT2D eigenvalue weighted by molar-refractivity contribution is 0.0735. The average molecular weight is 191 g/mol. The smallest absolute Gasteiger partial charge is 0.445 e. The number of amides is 1. The number of rotatable bonds is 2. The summed E-state index contributed by atoms with van der Waals surface area (Å²) in [6.07, 6.45) is -1.76. The molecule has 0 bridgehead atoms. The molecule has 1 amide bonds. The van der Waals surface area contributed by atoms with Crippen LogP contribution in [0, 0.1) is 0 Å². The lowest BCUT2D eigenvalue weighted by atomic mass is 10.4. The van der Waals surface area contributed by atoms with Crippen LogP contribution in [0.15, 0.2) is 0 Å². The molecule has 0 aromatic rings. The van der Waals surface area contributed by atoms with Crippen LogP contribution >= 0.6 is 0 Å². The molecule has 0 saturated carbocycles. The molecule has 1 N–H and O–H groups in total. The van der Waals surface area contributed by atoms with E-state index in [1.165, 1.54) is 7.05 Å². The quantitative estimate of drug-likeness (QED) is 0.644. The fourth-order valence-corrected chi connectivity index (χ4v) is 0.688. The van der Waals surface area contributed by atoms with Gasteiger partial charge in [-0.05, 0) is 0 Å². The molecule has 0 aliphatic carbocycles. The highest BCUT2D eigenvalue weighted by atomic mass is 16.8. The van der Waals surface area contributed by atoms with Crippen LogP contribution in [-0.4, -0.2) is 38.6 Å². The molecular formula is C7H13NO5. The molecule has 1 aliphatic heterocycles. The largest absolute Gasteiger partial charge is 0.508 e. The predicted molar refractivity (Wildman–Crippen MR) is 43.4 cm³/mol. The van der Waals surface area contributed by atoms with Crippen molar-refractivity contribution in [2.45, 2.75) is 13.5 Å². The molecule has 0 aromatic heterocycles. The topological polar surface area (TPSA) is 73.9 Å². The Bertz CT molecular complexity index is 193. The van der Waals surface area contributed by atoms with Crippen LogP contribution in [0.5, 0.6) is 0 Å². The molecule has 1 atom stereocenters. The van der Waals surface area contributed by atoms with E-state index in [4.69, 9.17) is 0 Å². The van der Waals surface area contributed by atoms with Gasteiger partial charge < -0.3 is 19.5 Å². The van der Waals surface area contributed by atoms with Crippen LogP contribution in [0.3, 0.4) is 0 Å². The third-order valence-electron chi connectivity index (χ3n) is 1.25. The van der Waals surface area contributed by atoms with Crippen LogP contribution in [0.25, 0.3) is 0 Å². The first-order valence-electron chi connectivity index (χ1n) is 3.40. The molecule has 6 heteroatoms. The molecule has 0 radical (unpaired) electrons. The van der Waals surface area contributed by atoms with Gasteiger partial charge in [0.15, 0.2) is 6.10 Å². The molecule has 13 heavy (non-hydrogen) atoms. The average Bonchev–Trinajstić information content (AvgIpc) is 2.47. The summed E-state index contributed by atoms with van der Waals surface area (Å²) < 4.78 is 13.7. The van der Waals surface area contributed by atoms with Gasteiger partial charge in [-0.3, -0.25) is 0 Å². The van der Waals surface area contributed by atoms with Crippen molar-refractivity contribution in [1.29, 1.82) is 0 Å². The Hall–Kier alpha value is -1.46. The molecule has 1 saturated heterocycles. The number of hydrogen-bond acceptors (Lipinski definition) is 5. The third kappa shape index (κ3) is 3.64. The summed E-state index contributed by atoms with van der Waals surface area (Å²) >= 11 is 0. The van der Waals surface area contributed by atoms with Crippen molar-refractivity contribution in [2.24, 2.45) is 0 Å². The van der Waals surface area contributed by atoms with E-state index in [9.17, 15) is 9.59 Å². The van der Waals surface area contributed by atoms with Gasteiger partial charge in [-0.15, -0.1) is 0 Å². The Labute approximate surface area is 76.1 Å². The molecular weight excluding hydrogens is 178 g/mol. The van der Waals surface area contributed by atoms with E-state index >= 15 is 0 Å². The third-order valence-corrected chi connectivity index (χ3v) is 1.25. The number of carbonyl (C=O) groups is 2. The summed E-state index contributed by atoms with van der Waals surface area (Å²) in [5.74, 6) is 0. The summed E-state index contributed by atoms with van der Waals surface area (Å²) in [6.45, 7) is 0.154. The monoisotopic (exact) mass is 191 g/mol. The van der Waals surface area contributed by atoms with Crippen molar-refractivity contribution in [3.63, 3.8) is 0 Å². The summed E-state index contributed by atoms with van der Waals surface area (Å²) in [5, 5.41) is 2.26. The van der Waals surface area contributed by atoms with Crippen LogP contribution in [0.1, 0.15) is 7.43 Å². The molecule has 0 aromatic carbocycles. The van der Waals surface area contributed by atoms with Crippen molar-refractivity contribution < 1.29 is 23.8 Å². The standard InChI is InChI=1S/C6H9NO5.CH4/c1-7-5(8)10-2-4-3-11-6(9)12-4;/h4H,2-3H2,1H3,(H,7,8);1H4. The predicted octanol–water partition coefficient (Wildman–Crippen LogP) is 0.514. The maximum absolute atomic E-state index is 10.5. The van der Waals surface area contributed by atoms with E-state index in [1.54, 1.807) is 0 Å². The Morgan fingerprint density at radius 3 is 2.92 bits per heavy atom. The Morgan fingerprint density at radius 1 is 1.77 bits per heavy atom. The molecule has 1 unspecified atom stereocenters. The van der Waals surface area contributed by atoms with Crippen molar-refractivity contribution in [2.75, 3.05) is 20.3 Å². The van der Waals surface area contributed by atoms with E-state index in [-0.39, 0.29) is 20.6 Å². The van der Waals surface area contributed by atoms with Crippen LogP contribution in [-0.2, 0) is 14.2 Å². The van der Waals surface area contributed by atoms with Crippen molar-refractivity contribution in [3.8, 4) is 0 Å². The molecule has 1 rings (SSSR count). The summed E-state index contributed by atoms with van der Waals surface area (Å²) in [4.78, 5) is 20.9. The number of nitrogens with one attached hydrogen (secondary N) is 1. The molecule has 0 spiro atoms. The minimum Gasteiger partial charge on any atom is -0.445 e. The highest BCUT2D eigenvalue weighted by Crippen LogP contribution is 2.05. The number of alkyl carbamates (subject to hydrolysis) is 1. The second kappa shape index (κ2) is 5.23. The Morgan fingerprint density at radius 2 is 2.46 bits per heavy atom. The van der Waals surface area contributed by atoms with E-state index in [0.29, 0.717) is 0 Å². The lowest BCUT2D eigenvalue weighted by Gasteiger charge is -2.06. The fourth-order valence-electron chi connectivity index (χ4n) is 0.688. The highest BCUT2D eigenvalue weighted by molar-refractivity contribution is 5.66. The molecule has 1 heterocycles. The van der Waals surface area contributed by atoms with Crippen molar-refractivity contribution in [3.05, 3.63) is 0 Å². The zero-order valence-electron chi connectivity index (χ0n) is 6.53. The van der Waals surface area contributed by atoms with E-state index in [1.807, 2.05) is 0 Å². The molecule has 1 aliphatic rings. The SMILES string of the molecule is C.CNC(=O)OCC1COC(=O)O1. The van der Waals surface area contributed by atoms with Crippen molar-refractivity contribution in [1.82, 2.24) is 5.32 Å². The summed E-state index contributed by atoms with van der Waals surface area (Å²) in [5.41, 5.74) is 0. The highest BCUT2D eigenvalue weighted by Gasteiger charge is 2.25. The van der Waals surface area contributed by atoms with Gasteiger partial charge in [0.2, 0.25) is 0 Å². The first kappa shape index (κ1) is 11.5. The molecule has 76 valence electrons. The minimum absolute atomic E-state index is 0. The summed E-state index contributed by atoms with van der Waals surface area (Å²) in [7, 11) is 1.44. The maximum atomic E-state index is 10.5. The normalized spacial score (nSPS) is 19.5. The Kier molecular flexibility index (Phi) is 4.64. The van der Waals surface area contributed by atoms with E-state index in [0.717, 1.165) is 0 Å². The molecule has 1 fully saturated rings. The van der Waals surface area contributed by atoms with Gasteiger partial charge in [0.1, 0.15) is 13.2 Å². The minimum atomic E-state index is -0.722. The van der Waals surface area contributed by atoms with Gasteiger partial charge >= 0.3 is 12.2 Å². The van der Waals surface area contributed by atoms with E-state index in [2.05, 4.69) is 19.5 Å². The second-order valence-electron chi connectivity index (χ2n) is 2.15. The van der Waals surface area contributed by atoms with Gasteiger partial charge in [-0.25, -0.2) is 9.59 Å². The number of cyclic esters (lactones) is 2. The molecule has 6 nitrogen and oxygen atoms in total. The van der Waals surface area contributed by atoms with Gasteiger partial charge in [-0.2, -0.15) is 0 Å². The van der Waals surface area contributed by atoms with Crippen LogP contribution < -0.4 is 5.32 Å². The number of carbonyl (C=O) groups excluding carboxylic acids is 2. The first-order valence-corrected chi connectivity index (χ1v) is 3.40. The van der Waals surface area contributed by atoms with Crippen LogP contribution in [0.2, 0.25) is 0 Å². The van der Waals surface area contributed by atoms with Gasteiger partial charge in [0.25, 0.3) is 0 Å². The van der Waals surface area contributed by atoms with Crippen LogP contribution in [0.4, 0.5) is 9.59 Å². The van der Waals surface area contributed by atoms with Crippen molar-refractivity contribution >= 4 is 12.2 Å². The number of hydrogen-bond donors (Lipinski definition) is 1. The second-order valence-corrected chi connectivity index (χ2v) is 2.15. The zero-order valence-corrected chi connectivity index (χ0v) is 6.53. The zero-order chi connectivity index (χ0) is 8.97. The summed E-state index contributed by atoms with van der Waals surface area (Å²) in [6, 6.07) is 0. The first-order chi connectivity index (χ1) is 5.72. The fraction of sp³-hybridized carbons (Fsp3) is 0.714. The number of ether oxygens (including phenoxy) is 3.